The molecule has 2 N–H and O–H groups in total. The molecule has 5 heteroatoms. The van der Waals surface area contributed by atoms with E-state index in [4.69, 9.17) is 4.74 Å². The topological polar surface area (TPSA) is 75.6 Å². The average Bonchev–Trinajstić information content (AvgIpc) is 2.73. The summed E-state index contributed by atoms with van der Waals surface area (Å²) in [6.45, 7) is 3.68. The summed E-state index contributed by atoms with van der Waals surface area (Å²) < 4.78 is 5.34. The van der Waals surface area contributed by atoms with Gasteiger partial charge in [-0.05, 0) is 45.1 Å². The number of ether oxygens (including phenoxy) is 1. The lowest BCUT2D eigenvalue weighted by Crippen LogP contribution is -2.51. The maximum atomic E-state index is 13.1. The number of Topliss-reactive ketones (excluding diaryl/α,β-unsaturated/α-hetero) is 1. The molecule has 1 atom stereocenters. The number of aliphatic hydroxyl groups is 1. The quantitative estimate of drug-likeness (QED) is 0.811. The highest BCUT2D eigenvalue weighted by Crippen LogP contribution is 2.42. The molecule has 2 fully saturated rings. The molecule has 1 aromatic rings. The molecule has 2 aliphatic rings. The maximum absolute atomic E-state index is 13.1. The highest BCUT2D eigenvalue weighted by Gasteiger charge is 2.63. The summed E-state index contributed by atoms with van der Waals surface area (Å²) >= 11 is 0. The van der Waals surface area contributed by atoms with Crippen molar-refractivity contribution < 1.29 is 19.4 Å². The van der Waals surface area contributed by atoms with Crippen LogP contribution in [-0.4, -0.2) is 35.5 Å². The van der Waals surface area contributed by atoms with E-state index in [0.29, 0.717) is 31.2 Å². The zero-order chi connectivity index (χ0) is 16.8. The number of carbonyl (C=O) groups is 2. The van der Waals surface area contributed by atoms with Crippen LogP contribution in [0.2, 0.25) is 0 Å². The highest BCUT2D eigenvalue weighted by atomic mass is 16.5. The van der Waals surface area contributed by atoms with E-state index in [-0.39, 0.29) is 6.10 Å². The SMILES string of the molecule is COC1CCC2(CC1)NC(=O)[C@@](O)(c1cc(C)ccc1C)C2=O. The Morgan fingerprint density at radius 3 is 2.48 bits per heavy atom. The van der Waals surface area contributed by atoms with Gasteiger partial charge < -0.3 is 15.2 Å². The predicted octanol–water partition coefficient (Wildman–Crippen LogP) is 1.52. The summed E-state index contributed by atoms with van der Waals surface area (Å²) in [5.41, 5.74) is -1.01. The fraction of sp³-hybridized carbons (Fsp3) is 0.556. The van der Waals surface area contributed by atoms with E-state index >= 15 is 0 Å². The van der Waals surface area contributed by atoms with Crippen LogP contribution in [0.4, 0.5) is 0 Å². The van der Waals surface area contributed by atoms with Crippen LogP contribution in [0.15, 0.2) is 18.2 Å². The van der Waals surface area contributed by atoms with Gasteiger partial charge in [0.25, 0.3) is 5.91 Å². The number of carbonyl (C=O) groups excluding carboxylic acids is 2. The summed E-state index contributed by atoms with van der Waals surface area (Å²) in [6, 6.07) is 5.46. The Morgan fingerprint density at radius 1 is 1.22 bits per heavy atom. The zero-order valence-corrected chi connectivity index (χ0v) is 13.8. The third-order valence-corrected chi connectivity index (χ3v) is 5.35. The van der Waals surface area contributed by atoms with Gasteiger partial charge in [0, 0.05) is 12.7 Å². The molecule has 124 valence electrons. The highest BCUT2D eigenvalue weighted by molar-refractivity contribution is 6.20. The third-order valence-electron chi connectivity index (χ3n) is 5.35. The molecule has 0 bridgehead atoms. The Morgan fingerprint density at radius 2 is 1.87 bits per heavy atom. The molecule has 0 unspecified atom stereocenters. The summed E-state index contributed by atoms with van der Waals surface area (Å²) in [7, 11) is 1.66. The molecular formula is C18H23NO4. The molecule has 3 rings (SSSR count). The zero-order valence-electron chi connectivity index (χ0n) is 13.8. The molecule has 0 radical (unpaired) electrons. The summed E-state index contributed by atoms with van der Waals surface area (Å²) in [4.78, 5) is 25.7. The second kappa shape index (κ2) is 5.42. The Balaban J connectivity index is 2.00. The molecule has 1 saturated carbocycles. The minimum Gasteiger partial charge on any atom is -0.381 e. The molecule has 1 aliphatic carbocycles. The summed E-state index contributed by atoms with van der Waals surface area (Å²) in [5, 5.41) is 13.9. The van der Waals surface area contributed by atoms with E-state index in [0.717, 1.165) is 11.1 Å². The van der Waals surface area contributed by atoms with Crippen molar-refractivity contribution in [2.24, 2.45) is 0 Å². The van der Waals surface area contributed by atoms with Crippen molar-refractivity contribution in [2.75, 3.05) is 7.11 Å². The van der Waals surface area contributed by atoms with Crippen molar-refractivity contribution >= 4 is 11.7 Å². The number of rotatable bonds is 2. The van der Waals surface area contributed by atoms with Crippen LogP contribution >= 0.6 is 0 Å². The van der Waals surface area contributed by atoms with Gasteiger partial charge in [-0.25, -0.2) is 0 Å². The van der Waals surface area contributed by atoms with Gasteiger partial charge in [-0.1, -0.05) is 23.8 Å². The Hall–Kier alpha value is -1.72. The Bertz CT molecular complexity index is 661. The van der Waals surface area contributed by atoms with E-state index in [1.54, 1.807) is 20.1 Å². The van der Waals surface area contributed by atoms with Crippen LogP contribution in [0, 0.1) is 13.8 Å². The van der Waals surface area contributed by atoms with Crippen LogP contribution in [0.25, 0.3) is 0 Å². The Kier molecular flexibility index (Phi) is 3.81. The lowest BCUT2D eigenvalue weighted by molar-refractivity contribution is -0.147. The van der Waals surface area contributed by atoms with E-state index in [9.17, 15) is 14.7 Å². The van der Waals surface area contributed by atoms with Crippen molar-refractivity contribution in [1.29, 1.82) is 0 Å². The minimum atomic E-state index is -2.09. The first-order valence-electron chi connectivity index (χ1n) is 8.04. The monoisotopic (exact) mass is 317 g/mol. The smallest absolute Gasteiger partial charge is 0.265 e. The van der Waals surface area contributed by atoms with Gasteiger partial charge in [0.2, 0.25) is 11.4 Å². The molecule has 23 heavy (non-hydrogen) atoms. The van der Waals surface area contributed by atoms with Crippen LogP contribution in [0.1, 0.15) is 42.4 Å². The number of ketones is 1. The fourth-order valence-corrected chi connectivity index (χ4v) is 3.86. The Labute approximate surface area is 136 Å². The first-order valence-corrected chi connectivity index (χ1v) is 8.04. The van der Waals surface area contributed by atoms with Gasteiger partial charge >= 0.3 is 0 Å². The number of hydrogen-bond donors (Lipinski definition) is 2. The normalized spacial score (nSPS) is 34.0. The van der Waals surface area contributed by atoms with Crippen molar-refractivity contribution in [3.8, 4) is 0 Å². The molecule has 1 heterocycles. The third kappa shape index (κ3) is 2.30. The molecular weight excluding hydrogens is 294 g/mol. The van der Waals surface area contributed by atoms with E-state index in [1.807, 2.05) is 19.1 Å². The lowest BCUT2D eigenvalue weighted by Gasteiger charge is -2.35. The molecule has 1 saturated heterocycles. The second-order valence-corrected chi connectivity index (χ2v) is 6.83. The summed E-state index contributed by atoms with van der Waals surface area (Å²) in [6.07, 6.45) is 2.52. The number of amides is 1. The number of benzene rings is 1. The largest absolute Gasteiger partial charge is 0.381 e. The van der Waals surface area contributed by atoms with Gasteiger partial charge in [-0.3, -0.25) is 9.59 Å². The molecule has 5 nitrogen and oxygen atoms in total. The van der Waals surface area contributed by atoms with E-state index < -0.39 is 22.8 Å². The fourth-order valence-electron chi connectivity index (χ4n) is 3.86. The molecule has 0 aromatic heterocycles. The minimum absolute atomic E-state index is 0.111. The van der Waals surface area contributed by atoms with Crippen molar-refractivity contribution in [3.63, 3.8) is 0 Å². The number of nitrogens with one attached hydrogen (secondary N) is 1. The second-order valence-electron chi connectivity index (χ2n) is 6.83. The first-order chi connectivity index (χ1) is 10.8. The van der Waals surface area contributed by atoms with Crippen LogP contribution in [-0.2, 0) is 19.9 Å². The number of hydrogen-bond acceptors (Lipinski definition) is 4. The molecule has 1 aromatic carbocycles. The van der Waals surface area contributed by atoms with Gasteiger partial charge in [-0.2, -0.15) is 0 Å². The first kappa shape index (κ1) is 16.1. The molecule has 1 aliphatic heterocycles. The summed E-state index contributed by atoms with van der Waals surface area (Å²) in [5.74, 6) is -1.02. The van der Waals surface area contributed by atoms with E-state index in [1.165, 1.54) is 0 Å². The van der Waals surface area contributed by atoms with Crippen LogP contribution in [0.5, 0.6) is 0 Å². The van der Waals surface area contributed by atoms with Gasteiger partial charge in [0.1, 0.15) is 5.54 Å². The predicted molar refractivity (Wildman–Crippen MR) is 85.0 cm³/mol. The van der Waals surface area contributed by atoms with Gasteiger partial charge in [0.15, 0.2) is 0 Å². The molecule has 1 amide bonds. The van der Waals surface area contributed by atoms with Crippen LogP contribution < -0.4 is 5.32 Å². The number of methoxy groups -OCH3 is 1. The molecule has 1 spiro atoms. The average molecular weight is 317 g/mol. The number of aryl methyl sites for hydroxylation is 2. The standard InChI is InChI=1S/C18H23NO4/c1-11-4-5-12(2)14(10-11)18(22)15(20)17(19-16(18)21)8-6-13(23-3)7-9-17/h4-5,10,13,22H,6-9H2,1-3H3,(H,19,21)/t13?,17?,18-/m1/s1. The van der Waals surface area contributed by atoms with Crippen molar-refractivity contribution in [3.05, 3.63) is 34.9 Å². The van der Waals surface area contributed by atoms with Crippen molar-refractivity contribution in [2.45, 2.75) is 56.8 Å². The van der Waals surface area contributed by atoms with Gasteiger partial charge in [-0.15, -0.1) is 0 Å². The van der Waals surface area contributed by atoms with Crippen LogP contribution in [0.3, 0.4) is 0 Å². The lowest BCUT2D eigenvalue weighted by atomic mass is 9.74. The van der Waals surface area contributed by atoms with Gasteiger partial charge in [0.05, 0.1) is 6.10 Å². The van der Waals surface area contributed by atoms with Crippen molar-refractivity contribution in [1.82, 2.24) is 5.32 Å². The van der Waals surface area contributed by atoms with E-state index in [2.05, 4.69) is 5.32 Å². The maximum Gasteiger partial charge on any atom is 0.265 e.